The van der Waals surface area contributed by atoms with Crippen LogP contribution in [-0.2, 0) is 18.3 Å². The van der Waals surface area contributed by atoms with Gasteiger partial charge in [-0.2, -0.15) is 0 Å². The molecule has 0 spiro atoms. The predicted octanol–water partition coefficient (Wildman–Crippen LogP) is 1.46. The van der Waals surface area contributed by atoms with Crippen LogP contribution in [-0.4, -0.2) is 20.9 Å². The molecule has 0 saturated carbocycles. The van der Waals surface area contributed by atoms with E-state index in [1.54, 1.807) is 7.05 Å². The first-order valence-electron chi connectivity index (χ1n) is 5.13. The Morgan fingerprint density at radius 2 is 2.35 bits per heavy atom. The lowest BCUT2D eigenvalue weighted by molar-refractivity contribution is -0.136. The van der Waals surface area contributed by atoms with Crippen molar-refractivity contribution in [3.8, 4) is 10.6 Å². The van der Waals surface area contributed by atoms with Crippen LogP contribution in [0.15, 0.2) is 22.3 Å². The number of thiophene rings is 1. The van der Waals surface area contributed by atoms with Gasteiger partial charge < -0.3 is 5.11 Å². The number of aromatic nitrogens is 2. The first-order valence-corrected chi connectivity index (χ1v) is 6.01. The second kappa shape index (κ2) is 4.58. The molecule has 2 heterocycles. The fourth-order valence-corrected chi connectivity index (χ4v) is 2.43. The van der Waals surface area contributed by atoms with Crippen molar-refractivity contribution >= 4 is 17.3 Å². The fourth-order valence-electron chi connectivity index (χ4n) is 1.68. The molecule has 2 rings (SSSR count). The van der Waals surface area contributed by atoms with Crippen LogP contribution in [0.2, 0.25) is 0 Å². The van der Waals surface area contributed by atoms with Gasteiger partial charge >= 0.3 is 5.97 Å². The lowest BCUT2D eigenvalue weighted by atomic mass is 10.1. The van der Waals surface area contributed by atoms with Crippen molar-refractivity contribution < 1.29 is 9.90 Å². The van der Waals surface area contributed by atoms with Crippen LogP contribution in [0.1, 0.15) is 12.0 Å². The van der Waals surface area contributed by atoms with Gasteiger partial charge in [-0.15, -0.1) is 11.3 Å². The van der Waals surface area contributed by atoms with Crippen LogP contribution >= 0.6 is 11.3 Å². The summed E-state index contributed by atoms with van der Waals surface area (Å²) in [6.45, 7) is 0. The SMILES string of the molecule is Cn1[nH]c(-c2cccs2)c(CCC(=O)O)c1=O. The van der Waals surface area contributed by atoms with Crippen molar-refractivity contribution in [1.29, 1.82) is 0 Å². The van der Waals surface area contributed by atoms with Gasteiger partial charge in [0.2, 0.25) is 0 Å². The minimum Gasteiger partial charge on any atom is -0.481 e. The van der Waals surface area contributed by atoms with Gasteiger partial charge in [0.15, 0.2) is 0 Å². The van der Waals surface area contributed by atoms with E-state index >= 15 is 0 Å². The number of hydrogen-bond acceptors (Lipinski definition) is 3. The standard InChI is InChI=1S/C11H12N2O3S/c1-13-11(16)7(4-5-9(14)15)10(12-13)8-3-2-6-17-8/h2-3,6,12H,4-5H2,1H3,(H,14,15). The zero-order chi connectivity index (χ0) is 12.4. The largest absolute Gasteiger partial charge is 0.481 e. The first-order chi connectivity index (χ1) is 8.09. The van der Waals surface area contributed by atoms with Crippen molar-refractivity contribution in [1.82, 2.24) is 9.78 Å². The number of aliphatic carboxylic acids is 1. The van der Waals surface area contributed by atoms with Crippen LogP contribution in [0.25, 0.3) is 10.6 Å². The summed E-state index contributed by atoms with van der Waals surface area (Å²) < 4.78 is 1.38. The summed E-state index contributed by atoms with van der Waals surface area (Å²) in [6, 6.07) is 3.80. The second-order valence-electron chi connectivity index (χ2n) is 3.70. The lowest BCUT2D eigenvalue weighted by Gasteiger charge is -1.97. The fraction of sp³-hybridized carbons (Fsp3) is 0.273. The average molecular weight is 252 g/mol. The third kappa shape index (κ3) is 2.31. The average Bonchev–Trinajstić information content (AvgIpc) is 2.87. The molecule has 0 unspecified atom stereocenters. The molecule has 0 fully saturated rings. The van der Waals surface area contributed by atoms with Crippen LogP contribution in [0.5, 0.6) is 0 Å². The summed E-state index contributed by atoms with van der Waals surface area (Å²) >= 11 is 1.52. The number of carboxylic acid groups (broad SMARTS) is 1. The Morgan fingerprint density at radius 1 is 1.59 bits per heavy atom. The highest BCUT2D eigenvalue weighted by Gasteiger charge is 2.15. The minimum atomic E-state index is -0.898. The number of hydrogen-bond donors (Lipinski definition) is 2. The molecule has 0 radical (unpaired) electrons. The molecule has 2 aromatic heterocycles. The molecule has 0 atom stereocenters. The van der Waals surface area contributed by atoms with Gasteiger partial charge in [0.1, 0.15) is 0 Å². The smallest absolute Gasteiger partial charge is 0.303 e. The second-order valence-corrected chi connectivity index (χ2v) is 4.65. The molecule has 0 aliphatic carbocycles. The van der Waals surface area contributed by atoms with Gasteiger partial charge in [-0.1, -0.05) is 6.07 Å². The Morgan fingerprint density at radius 3 is 2.94 bits per heavy atom. The van der Waals surface area contributed by atoms with E-state index in [0.717, 1.165) is 10.6 Å². The Hall–Kier alpha value is -1.82. The summed E-state index contributed by atoms with van der Waals surface area (Å²) in [5.74, 6) is -0.898. The van der Waals surface area contributed by atoms with E-state index in [-0.39, 0.29) is 18.4 Å². The Kier molecular flexibility index (Phi) is 3.14. The van der Waals surface area contributed by atoms with Gasteiger partial charge in [-0.25, -0.2) is 0 Å². The number of aryl methyl sites for hydroxylation is 1. The van der Waals surface area contributed by atoms with Crippen LogP contribution in [0.3, 0.4) is 0 Å². The maximum Gasteiger partial charge on any atom is 0.303 e. The molecule has 0 aliphatic heterocycles. The van der Waals surface area contributed by atoms with Gasteiger partial charge in [0.05, 0.1) is 10.6 Å². The molecular weight excluding hydrogens is 240 g/mol. The number of carbonyl (C=O) groups is 1. The van der Waals surface area contributed by atoms with Crippen LogP contribution in [0.4, 0.5) is 0 Å². The van der Waals surface area contributed by atoms with Gasteiger partial charge in [-0.05, 0) is 17.9 Å². The van der Waals surface area contributed by atoms with Crippen molar-refractivity contribution in [2.24, 2.45) is 7.05 Å². The normalized spacial score (nSPS) is 10.6. The number of aromatic amines is 1. The quantitative estimate of drug-likeness (QED) is 0.865. The summed E-state index contributed by atoms with van der Waals surface area (Å²) in [5.41, 5.74) is 1.11. The van der Waals surface area contributed by atoms with Crippen LogP contribution in [0, 0.1) is 0 Å². The summed E-state index contributed by atoms with van der Waals surface area (Å²) in [7, 11) is 1.63. The number of H-pyrrole nitrogens is 1. The molecule has 0 bridgehead atoms. The molecule has 5 nitrogen and oxygen atoms in total. The molecular formula is C11H12N2O3S. The zero-order valence-electron chi connectivity index (χ0n) is 9.27. The summed E-state index contributed by atoms with van der Waals surface area (Å²) in [6.07, 6.45) is 0.213. The highest BCUT2D eigenvalue weighted by Crippen LogP contribution is 2.25. The molecule has 2 N–H and O–H groups in total. The third-order valence-corrected chi connectivity index (χ3v) is 3.39. The van der Waals surface area contributed by atoms with Crippen molar-refractivity contribution in [3.63, 3.8) is 0 Å². The van der Waals surface area contributed by atoms with E-state index < -0.39 is 5.97 Å². The summed E-state index contributed by atoms with van der Waals surface area (Å²) in [4.78, 5) is 23.4. The van der Waals surface area contributed by atoms with E-state index in [9.17, 15) is 9.59 Å². The van der Waals surface area contributed by atoms with Gasteiger partial charge in [-0.3, -0.25) is 19.4 Å². The zero-order valence-corrected chi connectivity index (χ0v) is 10.1. The molecule has 0 amide bonds. The van der Waals surface area contributed by atoms with Gasteiger partial charge in [0, 0.05) is 19.0 Å². The third-order valence-electron chi connectivity index (χ3n) is 2.50. The number of carboxylic acids is 1. The molecule has 0 aromatic carbocycles. The Balaban J connectivity index is 2.42. The molecule has 17 heavy (non-hydrogen) atoms. The van der Waals surface area contributed by atoms with Crippen molar-refractivity contribution in [3.05, 3.63) is 33.4 Å². The monoisotopic (exact) mass is 252 g/mol. The minimum absolute atomic E-state index is 0.0362. The van der Waals surface area contributed by atoms with E-state index in [4.69, 9.17) is 5.11 Å². The highest BCUT2D eigenvalue weighted by atomic mass is 32.1. The lowest BCUT2D eigenvalue weighted by Crippen LogP contribution is -2.16. The van der Waals surface area contributed by atoms with E-state index in [2.05, 4.69) is 5.10 Å². The maximum atomic E-state index is 11.8. The number of rotatable bonds is 4. The number of nitrogens with one attached hydrogen (secondary N) is 1. The Labute approximate surface area is 101 Å². The molecule has 90 valence electrons. The first kappa shape index (κ1) is 11.7. The van der Waals surface area contributed by atoms with Gasteiger partial charge in [0.25, 0.3) is 5.56 Å². The molecule has 0 saturated heterocycles. The molecule has 0 aliphatic rings. The topological polar surface area (TPSA) is 75.1 Å². The molecule has 6 heteroatoms. The molecule has 2 aromatic rings. The Bertz CT molecular complexity index is 580. The van der Waals surface area contributed by atoms with E-state index in [0.29, 0.717) is 5.56 Å². The highest BCUT2D eigenvalue weighted by molar-refractivity contribution is 7.13. The maximum absolute atomic E-state index is 11.8. The summed E-state index contributed by atoms with van der Waals surface area (Å²) in [5, 5.41) is 13.6. The van der Waals surface area contributed by atoms with E-state index in [1.807, 2.05) is 17.5 Å². The van der Waals surface area contributed by atoms with Crippen LogP contribution < -0.4 is 5.56 Å². The van der Waals surface area contributed by atoms with Crippen molar-refractivity contribution in [2.45, 2.75) is 12.8 Å². The van der Waals surface area contributed by atoms with Crippen molar-refractivity contribution in [2.75, 3.05) is 0 Å². The predicted molar refractivity (Wildman–Crippen MR) is 65.3 cm³/mol. The van der Waals surface area contributed by atoms with E-state index in [1.165, 1.54) is 16.0 Å². The number of nitrogens with zero attached hydrogens (tertiary/aromatic N) is 1.